The maximum atomic E-state index is 13.4. The monoisotopic (exact) mass is 697 g/mol. The molecule has 1 aliphatic heterocycles. The average Bonchev–Trinajstić information content (AvgIpc) is 3.37. The minimum atomic E-state index is -1.54. The van der Waals surface area contributed by atoms with Gasteiger partial charge in [-0.15, -0.1) is 0 Å². The van der Waals surface area contributed by atoms with Gasteiger partial charge in [0.25, 0.3) is 0 Å². The van der Waals surface area contributed by atoms with Crippen LogP contribution >= 0.6 is 0 Å². The lowest BCUT2D eigenvalue weighted by Crippen LogP contribution is -2.69. The molecule has 0 aromatic heterocycles. The van der Waals surface area contributed by atoms with Crippen LogP contribution in [0, 0.1) is 0 Å². The first-order valence-electron chi connectivity index (χ1n) is 15.6. The van der Waals surface area contributed by atoms with Gasteiger partial charge in [0.15, 0.2) is 18.4 Å². The van der Waals surface area contributed by atoms with E-state index in [1.54, 1.807) is 0 Å². The molecule has 6 atom stereocenters. The Balaban J connectivity index is 1.49. The Bertz CT molecular complexity index is 1600. The number of benzene rings is 2. The van der Waals surface area contributed by atoms with E-state index >= 15 is 0 Å². The van der Waals surface area contributed by atoms with E-state index in [2.05, 4.69) is 16.0 Å². The first-order chi connectivity index (χ1) is 23.8. The third-order valence-electron chi connectivity index (χ3n) is 7.94. The highest BCUT2D eigenvalue weighted by molar-refractivity contribution is 5.80. The van der Waals surface area contributed by atoms with Crippen molar-refractivity contribution < 1.29 is 62.7 Å². The van der Waals surface area contributed by atoms with E-state index in [0.717, 1.165) is 49.9 Å². The molecular formula is C34H39N3O13. The molecule has 2 aliphatic rings. The van der Waals surface area contributed by atoms with E-state index in [1.807, 2.05) is 48.5 Å². The van der Waals surface area contributed by atoms with Crippen molar-refractivity contribution in [2.45, 2.75) is 76.7 Å². The molecule has 1 heterocycles. The Morgan fingerprint density at radius 2 is 1.38 bits per heavy atom. The summed E-state index contributed by atoms with van der Waals surface area (Å²) in [4.78, 5) is 74.2. The van der Waals surface area contributed by atoms with Gasteiger partial charge in [-0.1, -0.05) is 48.5 Å². The van der Waals surface area contributed by atoms with Gasteiger partial charge in [0.1, 0.15) is 43.4 Å². The van der Waals surface area contributed by atoms with Crippen LogP contribution in [0.15, 0.2) is 60.6 Å². The molecule has 0 spiro atoms. The number of amides is 3. The second-order valence-electron chi connectivity index (χ2n) is 11.6. The lowest BCUT2D eigenvalue weighted by molar-refractivity contribution is -0.226. The maximum absolute atomic E-state index is 13.4. The van der Waals surface area contributed by atoms with Crippen LogP contribution in [0.1, 0.15) is 51.2 Å². The summed E-state index contributed by atoms with van der Waals surface area (Å²) in [5.41, 5.74) is 3.95. The number of nitrogens with one attached hydrogen (secondary N) is 3. The predicted octanol–water partition coefficient (Wildman–Crippen LogP) is 2.01. The lowest BCUT2D eigenvalue weighted by atomic mass is 9.94. The van der Waals surface area contributed by atoms with Crippen molar-refractivity contribution in [3.8, 4) is 11.1 Å². The summed E-state index contributed by atoms with van der Waals surface area (Å²) in [5, 5.41) is 27.3. The van der Waals surface area contributed by atoms with Crippen LogP contribution in [0.3, 0.4) is 0 Å². The summed E-state index contributed by atoms with van der Waals surface area (Å²) in [7, 11) is 0. The summed E-state index contributed by atoms with van der Waals surface area (Å²) in [5.74, 6) is -4.92. The van der Waals surface area contributed by atoms with Gasteiger partial charge >= 0.3 is 24.0 Å². The van der Waals surface area contributed by atoms with Crippen LogP contribution in [0.2, 0.25) is 0 Å². The Kier molecular flexibility index (Phi) is 12.4. The number of carbonyl (C=O) groups excluding carboxylic acids is 6. The van der Waals surface area contributed by atoms with E-state index in [0.29, 0.717) is 6.26 Å². The smallest absolute Gasteiger partial charge is 0.407 e. The highest BCUT2D eigenvalue weighted by Gasteiger charge is 2.51. The summed E-state index contributed by atoms with van der Waals surface area (Å²) >= 11 is 0. The molecular weight excluding hydrogens is 658 g/mol. The zero-order valence-electron chi connectivity index (χ0n) is 27.7. The fraction of sp³-hybridized carbons (Fsp3) is 0.412. The Morgan fingerprint density at radius 3 is 1.92 bits per heavy atom. The van der Waals surface area contributed by atoms with E-state index in [4.69, 9.17) is 23.7 Å². The number of esters is 3. The summed E-state index contributed by atoms with van der Waals surface area (Å²) in [6, 6.07) is 12.6. The fourth-order valence-corrected chi connectivity index (χ4v) is 5.97. The number of hydrogen-bond acceptors (Lipinski definition) is 13. The summed E-state index contributed by atoms with van der Waals surface area (Å²) in [6.45, 7) is 3.88. The van der Waals surface area contributed by atoms with Crippen molar-refractivity contribution in [2.24, 2.45) is 0 Å². The Labute approximate surface area is 287 Å². The second-order valence-corrected chi connectivity index (χ2v) is 11.6. The molecule has 4 rings (SSSR count). The number of fused-ring (bicyclic) bond motifs is 3. The predicted molar refractivity (Wildman–Crippen MR) is 172 cm³/mol. The molecule has 0 radical (unpaired) electrons. The third kappa shape index (κ3) is 9.28. The summed E-state index contributed by atoms with van der Waals surface area (Å²) in [6.07, 6.45) is -7.01. The minimum Gasteiger partial charge on any atom is -0.512 e. The van der Waals surface area contributed by atoms with Crippen LogP contribution in [0.4, 0.5) is 4.79 Å². The van der Waals surface area contributed by atoms with Crippen molar-refractivity contribution in [1.82, 2.24) is 16.0 Å². The molecule has 50 heavy (non-hydrogen) atoms. The molecule has 268 valence electrons. The molecule has 1 saturated heterocycles. The molecule has 2 aromatic carbocycles. The molecule has 0 bridgehead atoms. The SMILES string of the molecule is CC(=O)N[C@@H]1[C@H](OC(C)=O)[C@H](COC(C)=O)O[C@H](NC(=O)C[C@@H](NC(=O)OCC2c3ccccc3-c3ccccc32)/C(O)=C/O)[C@H]1OC(C)=O. The molecule has 16 heteroatoms. The van der Waals surface area contributed by atoms with E-state index < -0.39 is 91.2 Å². The number of hydrogen-bond donors (Lipinski definition) is 5. The Morgan fingerprint density at radius 1 is 0.800 bits per heavy atom. The maximum Gasteiger partial charge on any atom is 0.407 e. The van der Waals surface area contributed by atoms with E-state index in [1.165, 1.54) is 0 Å². The zero-order valence-corrected chi connectivity index (χ0v) is 27.7. The zero-order chi connectivity index (χ0) is 36.5. The molecule has 2 aromatic rings. The number of aliphatic hydroxyl groups is 2. The van der Waals surface area contributed by atoms with Gasteiger partial charge in [0.05, 0.1) is 6.42 Å². The van der Waals surface area contributed by atoms with Crippen molar-refractivity contribution in [1.29, 1.82) is 0 Å². The van der Waals surface area contributed by atoms with Gasteiger partial charge in [-0.25, -0.2) is 4.79 Å². The first-order valence-corrected chi connectivity index (χ1v) is 15.6. The molecule has 0 unspecified atom stereocenters. The van der Waals surface area contributed by atoms with Crippen molar-refractivity contribution in [2.75, 3.05) is 13.2 Å². The number of alkyl carbamates (subject to hydrolysis) is 1. The van der Waals surface area contributed by atoms with Crippen LogP contribution in [0.5, 0.6) is 0 Å². The highest BCUT2D eigenvalue weighted by atomic mass is 16.6. The van der Waals surface area contributed by atoms with Gasteiger partial charge in [0.2, 0.25) is 11.8 Å². The molecule has 16 nitrogen and oxygen atoms in total. The van der Waals surface area contributed by atoms with Crippen molar-refractivity contribution >= 4 is 35.8 Å². The minimum absolute atomic E-state index is 0.0693. The van der Waals surface area contributed by atoms with Gasteiger partial charge in [-0.2, -0.15) is 0 Å². The van der Waals surface area contributed by atoms with Gasteiger partial charge < -0.3 is 49.8 Å². The van der Waals surface area contributed by atoms with Crippen LogP contribution < -0.4 is 16.0 Å². The average molecular weight is 698 g/mol. The fourth-order valence-electron chi connectivity index (χ4n) is 5.97. The van der Waals surface area contributed by atoms with Gasteiger partial charge in [-0.05, 0) is 22.3 Å². The number of ether oxygens (including phenoxy) is 5. The van der Waals surface area contributed by atoms with Crippen LogP contribution in [-0.4, -0.2) is 95.9 Å². The summed E-state index contributed by atoms with van der Waals surface area (Å²) < 4.78 is 27.2. The van der Waals surface area contributed by atoms with Crippen molar-refractivity contribution in [3.05, 3.63) is 71.7 Å². The molecule has 3 amide bonds. The Hall–Kier alpha value is -5.64. The van der Waals surface area contributed by atoms with Gasteiger partial charge in [-0.3, -0.25) is 24.0 Å². The van der Waals surface area contributed by atoms with Crippen LogP contribution in [-0.2, 0) is 47.7 Å². The van der Waals surface area contributed by atoms with Gasteiger partial charge in [0, 0.05) is 33.6 Å². The quantitative estimate of drug-likeness (QED) is 0.122. The third-order valence-corrected chi connectivity index (χ3v) is 7.94. The number of aliphatic hydroxyl groups excluding tert-OH is 2. The standard InChI is InChI=1S/C34H39N3O13/c1-17(39)35-30-31(48-19(3)41)28(16-46-18(2)40)50-33(32(30)49-20(4)42)37-29(44)13-26(27(43)14-38)36-34(45)47-15-25-23-11-7-5-9-21(23)22-10-6-8-12-24(22)25/h5-12,14,25-26,28,30-33,38,43H,13,15-16H2,1-4H3,(H,35,39)(H,36,45)(H,37,44)/b27-14-/t26-,28+,30-,31-,32+,33+/m1/s1. The molecule has 1 fully saturated rings. The second kappa shape index (κ2) is 16.6. The first kappa shape index (κ1) is 37.2. The lowest BCUT2D eigenvalue weighted by Gasteiger charge is -2.45. The molecule has 0 saturated carbocycles. The largest absolute Gasteiger partial charge is 0.512 e. The van der Waals surface area contributed by atoms with Crippen LogP contribution in [0.25, 0.3) is 11.1 Å². The topological polar surface area (TPSA) is 225 Å². The normalized spacial score (nSPS) is 21.8. The molecule has 5 N–H and O–H groups in total. The number of rotatable bonds is 12. The van der Waals surface area contributed by atoms with E-state index in [9.17, 15) is 39.0 Å². The van der Waals surface area contributed by atoms with E-state index in [-0.39, 0.29) is 12.5 Å². The molecule has 1 aliphatic carbocycles. The highest BCUT2D eigenvalue weighted by Crippen LogP contribution is 2.44. The van der Waals surface area contributed by atoms with Crippen molar-refractivity contribution in [3.63, 3.8) is 0 Å². The number of carbonyl (C=O) groups is 6.